The smallest absolute Gasteiger partial charge is 0.264 e. The fourth-order valence-corrected chi connectivity index (χ4v) is 8.49. The third-order valence-electron chi connectivity index (χ3n) is 8.83. The first-order valence-corrected chi connectivity index (χ1v) is 17.7. The quantitative estimate of drug-likeness (QED) is 0.202. The van der Waals surface area contributed by atoms with Gasteiger partial charge in [0.15, 0.2) is 10.9 Å². The van der Waals surface area contributed by atoms with Crippen molar-refractivity contribution in [2.45, 2.75) is 68.7 Å². The highest BCUT2D eigenvalue weighted by atomic mass is 35.5. The van der Waals surface area contributed by atoms with Crippen LogP contribution in [0.2, 0.25) is 10.0 Å². The number of carbonyl (C=O) groups is 1. The number of piperidine rings is 1. The van der Waals surface area contributed by atoms with E-state index in [4.69, 9.17) is 27.7 Å². The van der Waals surface area contributed by atoms with E-state index in [-0.39, 0.29) is 17.1 Å². The van der Waals surface area contributed by atoms with Gasteiger partial charge >= 0.3 is 0 Å². The highest BCUT2D eigenvalue weighted by molar-refractivity contribution is 7.91. The number of nitrogens with zero attached hydrogens (tertiary/aromatic N) is 3. The Kier molecular flexibility index (Phi) is 7.64. The molecule has 1 saturated heterocycles. The van der Waals surface area contributed by atoms with Gasteiger partial charge in [-0.1, -0.05) is 45.8 Å². The maximum Gasteiger partial charge on any atom is 0.264 e. The lowest BCUT2D eigenvalue weighted by atomic mass is 10.0. The average Bonchev–Trinajstić information content (AvgIpc) is 3.89. The second kappa shape index (κ2) is 11.2. The van der Waals surface area contributed by atoms with Crippen LogP contribution in [0.4, 0.5) is 9.52 Å². The molecule has 0 spiro atoms. The van der Waals surface area contributed by atoms with Crippen molar-refractivity contribution in [2.75, 3.05) is 18.0 Å². The first-order valence-electron chi connectivity index (χ1n) is 14.6. The number of nitrogens with one attached hydrogen (secondary N) is 2. The topological polar surface area (TPSA) is 117 Å². The molecular formula is C30H30Cl2FN5O4S2. The van der Waals surface area contributed by atoms with E-state index in [0.29, 0.717) is 69.5 Å². The summed E-state index contributed by atoms with van der Waals surface area (Å²) in [6.45, 7) is 3.59. The van der Waals surface area contributed by atoms with E-state index in [0.717, 1.165) is 43.1 Å². The Hall–Kier alpha value is -2.77. The minimum atomic E-state index is -3.83. The molecular weight excluding hydrogens is 648 g/mol. The van der Waals surface area contributed by atoms with E-state index in [1.165, 1.54) is 17.4 Å². The van der Waals surface area contributed by atoms with Crippen LogP contribution >= 0.6 is 34.5 Å². The van der Waals surface area contributed by atoms with Gasteiger partial charge in [0.25, 0.3) is 5.91 Å². The number of rotatable bonds is 9. The number of benzene rings is 2. The molecule has 0 radical (unpaired) electrons. The average molecular weight is 679 g/mol. The molecule has 0 unspecified atom stereocenters. The van der Waals surface area contributed by atoms with Crippen molar-refractivity contribution >= 4 is 65.8 Å². The van der Waals surface area contributed by atoms with Gasteiger partial charge in [-0.05, 0) is 69.7 Å². The molecule has 44 heavy (non-hydrogen) atoms. The standard InChI is InChI=1S/C30H30Cl2FN5O4S2/c1-30(9-10-30)44(40,41)37-28(39)17-13-22(33)26-23(14-17)43-29(35-26)38-11-7-18(8-12-38)34-15-19-25(36-42-27(19)16-5-6-16)24-20(31)3-2-4-21(24)32/h2-4,13-14,16,18,34H,5-12,15H2,1H3,(H,37,39). The summed E-state index contributed by atoms with van der Waals surface area (Å²) < 4.78 is 47.4. The van der Waals surface area contributed by atoms with Crippen molar-refractivity contribution in [1.29, 1.82) is 0 Å². The lowest BCUT2D eigenvalue weighted by Crippen LogP contribution is -2.42. The number of fused-ring (bicyclic) bond motifs is 1. The summed E-state index contributed by atoms with van der Waals surface area (Å²) in [6.07, 6.45) is 4.82. The summed E-state index contributed by atoms with van der Waals surface area (Å²) >= 11 is 14.3. The van der Waals surface area contributed by atoms with E-state index in [2.05, 4.69) is 25.1 Å². The second-order valence-corrected chi connectivity index (χ2v) is 16.1. The lowest BCUT2D eigenvalue weighted by molar-refractivity contribution is 0.0980. The largest absolute Gasteiger partial charge is 0.360 e. The number of aromatic nitrogens is 2. The Bertz CT molecular complexity index is 1860. The first kappa shape index (κ1) is 29.9. The molecule has 2 N–H and O–H groups in total. The highest BCUT2D eigenvalue weighted by Gasteiger charge is 2.51. The van der Waals surface area contributed by atoms with Crippen LogP contribution in [-0.4, -0.2) is 48.3 Å². The van der Waals surface area contributed by atoms with E-state index in [1.54, 1.807) is 25.1 Å². The van der Waals surface area contributed by atoms with Crippen molar-refractivity contribution in [3.05, 3.63) is 63.1 Å². The molecule has 2 saturated carbocycles. The predicted molar refractivity (Wildman–Crippen MR) is 170 cm³/mol. The Morgan fingerprint density at radius 1 is 1.16 bits per heavy atom. The van der Waals surface area contributed by atoms with E-state index in [9.17, 15) is 13.2 Å². The molecule has 9 nitrogen and oxygen atoms in total. The minimum Gasteiger partial charge on any atom is -0.360 e. The van der Waals surface area contributed by atoms with Gasteiger partial charge in [0.2, 0.25) is 10.0 Å². The number of halogens is 3. The van der Waals surface area contributed by atoms with Gasteiger partial charge in [-0.25, -0.2) is 22.5 Å². The fourth-order valence-electron chi connectivity index (χ4n) is 5.59. The molecule has 14 heteroatoms. The van der Waals surface area contributed by atoms with Crippen LogP contribution in [0.3, 0.4) is 0 Å². The number of carbonyl (C=O) groups excluding carboxylic acids is 1. The van der Waals surface area contributed by atoms with Crippen LogP contribution in [0.15, 0.2) is 34.9 Å². The zero-order valence-electron chi connectivity index (χ0n) is 23.8. The Morgan fingerprint density at radius 3 is 2.52 bits per heavy atom. The molecule has 2 aromatic carbocycles. The molecule has 4 aromatic rings. The molecule has 7 rings (SSSR count). The van der Waals surface area contributed by atoms with Crippen molar-refractivity contribution < 1.29 is 22.1 Å². The summed E-state index contributed by atoms with van der Waals surface area (Å²) in [5.41, 5.74) is 2.48. The van der Waals surface area contributed by atoms with Gasteiger partial charge in [-0.2, -0.15) is 0 Å². The van der Waals surface area contributed by atoms with E-state index < -0.39 is 26.5 Å². The number of sulfonamides is 1. The Labute approximate surface area is 268 Å². The molecule has 2 aromatic heterocycles. The van der Waals surface area contributed by atoms with Gasteiger partial charge in [-0.3, -0.25) is 4.79 Å². The molecule has 0 bridgehead atoms. The molecule has 2 aliphatic carbocycles. The van der Waals surface area contributed by atoms with Gasteiger partial charge in [-0.15, -0.1) is 0 Å². The molecule has 232 valence electrons. The number of anilines is 1. The van der Waals surface area contributed by atoms with Crippen LogP contribution in [0, 0.1) is 5.82 Å². The van der Waals surface area contributed by atoms with E-state index >= 15 is 4.39 Å². The third-order valence-corrected chi connectivity index (χ3v) is 12.7. The van der Waals surface area contributed by atoms with Gasteiger partial charge in [0.05, 0.1) is 19.5 Å². The van der Waals surface area contributed by atoms with Gasteiger partial charge < -0.3 is 14.7 Å². The van der Waals surface area contributed by atoms with Gasteiger partial charge in [0, 0.05) is 48.3 Å². The molecule has 1 amide bonds. The molecule has 1 aliphatic heterocycles. The van der Waals surface area contributed by atoms with Crippen molar-refractivity contribution in [2.24, 2.45) is 0 Å². The number of hydrogen-bond acceptors (Lipinski definition) is 9. The van der Waals surface area contributed by atoms with Crippen LogP contribution in [0.5, 0.6) is 0 Å². The molecule has 0 atom stereocenters. The Morgan fingerprint density at radius 2 is 1.86 bits per heavy atom. The van der Waals surface area contributed by atoms with Crippen LogP contribution in [-0.2, 0) is 16.6 Å². The summed E-state index contributed by atoms with van der Waals surface area (Å²) in [7, 11) is -3.83. The molecule has 3 aliphatic rings. The maximum atomic E-state index is 15.0. The van der Waals surface area contributed by atoms with Crippen LogP contribution < -0.4 is 14.9 Å². The van der Waals surface area contributed by atoms with Crippen LogP contribution in [0.1, 0.15) is 73.0 Å². The molecule has 3 heterocycles. The predicted octanol–water partition coefficient (Wildman–Crippen LogP) is 6.65. The fraction of sp³-hybridized carbons (Fsp3) is 0.433. The minimum absolute atomic E-state index is 0.0438. The van der Waals surface area contributed by atoms with Gasteiger partial charge in [0.1, 0.15) is 17.0 Å². The first-order chi connectivity index (χ1) is 21.0. The zero-order valence-corrected chi connectivity index (χ0v) is 27.0. The van der Waals surface area contributed by atoms with Crippen molar-refractivity contribution in [3.63, 3.8) is 0 Å². The SMILES string of the molecule is CC1(S(=O)(=O)NC(=O)c2cc(F)c3nc(N4CCC(NCc5c(-c6c(Cl)cccc6Cl)noc5C5CC5)CC4)sc3c2)CC1. The molecule has 3 fully saturated rings. The summed E-state index contributed by atoms with van der Waals surface area (Å²) in [6, 6.07) is 8.19. The third kappa shape index (κ3) is 5.60. The van der Waals surface area contributed by atoms with Crippen molar-refractivity contribution in [1.82, 2.24) is 20.2 Å². The van der Waals surface area contributed by atoms with E-state index in [1.807, 2.05) is 0 Å². The Balaban J connectivity index is 1.02. The number of hydrogen-bond donors (Lipinski definition) is 2. The number of amides is 1. The maximum absolute atomic E-state index is 15.0. The normalized spacial score (nSPS) is 18.6. The highest BCUT2D eigenvalue weighted by Crippen LogP contribution is 2.46. The zero-order chi connectivity index (χ0) is 30.8. The summed E-state index contributed by atoms with van der Waals surface area (Å²) in [5, 5.41) is 9.77. The lowest BCUT2D eigenvalue weighted by Gasteiger charge is -2.32. The number of thiazole rings is 1. The summed E-state index contributed by atoms with van der Waals surface area (Å²) in [4.78, 5) is 19.3. The van der Waals surface area contributed by atoms with Crippen molar-refractivity contribution in [3.8, 4) is 11.3 Å². The van der Waals surface area contributed by atoms with Crippen LogP contribution in [0.25, 0.3) is 21.5 Å². The monoisotopic (exact) mass is 677 g/mol. The second-order valence-electron chi connectivity index (χ2n) is 12.1. The summed E-state index contributed by atoms with van der Waals surface area (Å²) in [5.74, 6) is -0.229.